The van der Waals surface area contributed by atoms with Crippen LogP contribution in [0.5, 0.6) is 0 Å². The summed E-state index contributed by atoms with van der Waals surface area (Å²) in [6.45, 7) is 4.99. The van der Waals surface area contributed by atoms with Crippen LogP contribution in [-0.4, -0.2) is 30.3 Å². The van der Waals surface area contributed by atoms with Gasteiger partial charge in [0.2, 0.25) is 0 Å². The van der Waals surface area contributed by atoms with Crippen molar-refractivity contribution < 1.29 is 5.11 Å². The molecule has 0 atom stereocenters. The van der Waals surface area contributed by atoms with Crippen molar-refractivity contribution in [3.8, 4) is 0 Å². The maximum atomic E-state index is 9.95. The van der Waals surface area contributed by atoms with Crippen molar-refractivity contribution in [1.82, 2.24) is 5.32 Å². The van der Waals surface area contributed by atoms with E-state index >= 15 is 0 Å². The standard InChI is InChI=1S/C15H23ClN2O/c1-15(2,19)10-18(3)14-6-4-5-13(16)12(14)9-17-11-7-8-11/h4-6,11,17,19H,7-10H2,1-3H3. The SMILES string of the molecule is CN(CC(C)(C)O)c1cccc(Cl)c1CNC1CC1. The summed E-state index contributed by atoms with van der Waals surface area (Å²) in [6, 6.07) is 6.59. The van der Waals surface area contributed by atoms with Crippen LogP contribution < -0.4 is 10.2 Å². The summed E-state index contributed by atoms with van der Waals surface area (Å²) in [4.78, 5) is 2.07. The van der Waals surface area contributed by atoms with Gasteiger partial charge in [-0.15, -0.1) is 0 Å². The maximum absolute atomic E-state index is 9.95. The summed E-state index contributed by atoms with van der Waals surface area (Å²) in [5.74, 6) is 0. The first-order valence-electron chi connectivity index (χ1n) is 6.81. The fraction of sp³-hybridized carbons (Fsp3) is 0.600. The molecular formula is C15H23ClN2O. The minimum atomic E-state index is -0.724. The summed E-state index contributed by atoms with van der Waals surface area (Å²) in [7, 11) is 1.99. The third kappa shape index (κ3) is 4.37. The molecule has 0 saturated heterocycles. The molecule has 0 aliphatic heterocycles. The largest absolute Gasteiger partial charge is 0.389 e. The molecule has 0 aromatic heterocycles. The quantitative estimate of drug-likeness (QED) is 0.842. The van der Waals surface area contributed by atoms with Gasteiger partial charge in [0.05, 0.1) is 5.60 Å². The maximum Gasteiger partial charge on any atom is 0.0765 e. The molecule has 2 rings (SSSR count). The molecule has 0 bridgehead atoms. The number of nitrogens with one attached hydrogen (secondary N) is 1. The Balaban J connectivity index is 2.15. The van der Waals surface area contributed by atoms with E-state index in [9.17, 15) is 5.11 Å². The molecule has 19 heavy (non-hydrogen) atoms. The van der Waals surface area contributed by atoms with E-state index in [0.29, 0.717) is 12.6 Å². The summed E-state index contributed by atoms with van der Waals surface area (Å²) >= 11 is 6.32. The lowest BCUT2D eigenvalue weighted by Gasteiger charge is -2.29. The predicted molar refractivity (Wildman–Crippen MR) is 80.9 cm³/mol. The molecule has 0 unspecified atom stereocenters. The van der Waals surface area contributed by atoms with Gasteiger partial charge in [0.1, 0.15) is 0 Å². The first-order chi connectivity index (χ1) is 8.87. The van der Waals surface area contributed by atoms with Crippen molar-refractivity contribution in [3.05, 3.63) is 28.8 Å². The van der Waals surface area contributed by atoms with E-state index in [1.165, 1.54) is 12.8 Å². The van der Waals surface area contributed by atoms with E-state index < -0.39 is 5.60 Å². The average molecular weight is 283 g/mol. The van der Waals surface area contributed by atoms with Crippen LogP contribution in [0.3, 0.4) is 0 Å². The van der Waals surface area contributed by atoms with Gasteiger partial charge < -0.3 is 15.3 Å². The van der Waals surface area contributed by atoms with E-state index in [2.05, 4.69) is 16.3 Å². The number of benzene rings is 1. The van der Waals surface area contributed by atoms with Crippen molar-refractivity contribution in [2.45, 2.75) is 44.9 Å². The number of anilines is 1. The van der Waals surface area contributed by atoms with Crippen molar-refractivity contribution in [1.29, 1.82) is 0 Å². The summed E-state index contributed by atoms with van der Waals surface area (Å²) < 4.78 is 0. The second kappa shape index (κ2) is 5.70. The van der Waals surface area contributed by atoms with Crippen LogP contribution in [0.2, 0.25) is 5.02 Å². The van der Waals surface area contributed by atoms with E-state index in [1.54, 1.807) is 0 Å². The predicted octanol–water partition coefficient (Wildman–Crippen LogP) is 2.80. The lowest BCUT2D eigenvalue weighted by Crippen LogP contribution is -2.37. The number of rotatable bonds is 6. The van der Waals surface area contributed by atoms with Gasteiger partial charge in [-0.05, 0) is 38.8 Å². The van der Waals surface area contributed by atoms with Crippen molar-refractivity contribution >= 4 is 17.3 Å². The molecule has 4 heteroatoms. The smallest absolute Gasteiger partial charge is 0.0765 e. The lowest BCUT2D eigenvalue weighted by atomic mass is 10.1. The number of hydrogen-bond donors (Lipinski definition) is 2. The molecule has 1 aromatic rings. The Morgan fingerprint density at radius 3 is 2.68 bits per heavy atom. The number of hydrogen-bond acceptors (Lipinski definition) is 3. The molecule has 1 aromatic carbocycles. The highest BCUT2D eigenvalue weighted by Crippen LogP contribution is 2.29. The molecule has 0 radical (unpaired) electrons. The van der Waals surface area contributed by atoms with Gasteiger partial charge in [0.15, 0.2) is 0 Å². The summed E-state index contributed by atoms with van der Waals surface area (Å²) in [5, 5.41) is 14.2. The minimum Gasteiger partial charge on any atom is -0.389 e. The molecule has 1 saturated carbocycles. The molecule has 3 nitrogen and oxygen atoms in total. The zero-order valence-corrected chi connectivity index (χ0v) is 12.7. The van der Waals surface area contributed by atoms with Crippen LogP contribution in [0.15, 0.2) is 18.2 Å². The van der Waals surface area contributed by atoms with Crippen molar-refractivity contribution in [3.63, 3.8) is 0 Å². The molecule has 1 aliphatic carbocycles. The van der Waals surface area contributed by atoms with Crippen LogP contribution in [-0.2, 0) is 6.54 Å². The first kappa shape index (κ1) is 14.6. The Morgan fingerprint density at radius 1 is 1.42 bits per heavy atom. The Kier molecular flexibility index (Phi) is 4.39. The number of halogens is 1. The summed E-state index contributed by atoms with van der Waals surface area (Å²) in [5.41, 5.74) is 1.48. The molecule has 2 N–H and O–H groups in total. The zero-order valence-electron chi connectivity index (χ0n) is 11.9. The molecular weight excluding hydrogens is 260 g/mol. The molecule has 0 spiro atoms. The van der Waals surface area contributed by atoms with Crippen LogP contribution in [0.4, 0.5) is 5.69 Å². The third-order valence-corrected chi connectivity index (χ3v) is 3.63. The van der Waals surface area contributed by atoms with Gasteiger partial charge in [-0.1, -0.05) is 17.7 Å². The van der Waals surface area contributed by atoms with Gasteiger partial charge in [-0.25, -0.2) is 0 Å². The van der Waals surface area contributed by atoms with E-state index in [1.807, 2.05) is 33.0 Å². The number of nitrogens with zero attached hydrogens (tertiary/aromatic N) is 1. The molecule has 0 amide bonds. The van der Waals surface area contributed by atoms with E-state index in [0.717, 1.165) is 22.8 Å². The fourth-order valence-electron chi connectivity index (χ4n) is 2.28. The third-order valence-electron chi connectivity index (χ3n) is 3.27. The van der Waals surface area contributed by atoms with E-state index in [4.69, 9.17) is 11.6 Å². The number of aliphatic hydroxyl groups is 1. The Hall–Kier alpha value is -0.770. The first-order valence-corrected chi connectivity index (χ1v) is 7.19. The molecule has 106 valence electrons. The topological polar surface area (TPSA) is 35.5 Å². The van der Waals surface area contributed by atoms with Crippen LogP contribution in [0, 0.1) is 0 Å². The summed E-state index contributed by atoms with van der Waals surface area (Å²) in [6.07, 6.45) is 2.53. The van der Waals surface area contributed by atoms with Gasteiger partial charge in [0.25, 0.3) is 0 Å². The van der Waals surface area contributed by atoms with Gasteiger partial charge in [-0.3, -0.25) is 0 Å². The highest BCUT2D eigenvalue weighted by Gasteiger charge is 2.22. The fourth-order valence-corrected chi connectivity index (χ4v) is 2.52. The Bertz CT molecular complexity index is 438. The average Bonchev–Trinajstić information content (AvgIpc) is 3.08. The minimum absolute atomic E-state index is 0.573. The highest BCUT2D eigenvalue weighted by molar-refractivity contribution is 6.31. The molecule has 1 fully saturated rings. The van der Waals surface area contributed by atoms with Crippen LogP contribution in [0.1, 0.15) is 32.3 Å². The van der Waals surface area contributed by atoms with Crippen molar-refractivity contribution in [2.24, 2.45) is 0 Å². The van der Waals surface area contributed by atoms with Crippen LogP contribution in [0.25, 0.3) is 0 Å². The second-order valence-corrected chi connectivity index (χ2v) is 6.47. The normalized spacial score (nSPS) is 15.6. The highest BCUT2D eigenvalue weighted by atomic mass is 35.5. The van der Waals surface area contributed by atoms with Gasteiger partial charge in [-0.2, -0.15) is 0 Å². The molecule has 1 aliphatic rings. The molecule has 0 heterocycles. The van der Waals surface area contributed by atoms with Crippen molar-refractivity contribution in [2.75, 3.05) is 18.5 Å². The van der Waals surface area contributed by atoms with Crippen LogP contribution >= 0.6 is 11.6 Å². The zero-order chi connectivity index (χ0) is 14.0. The number of likely N-dealkylation sites (N-methyl/N-ethyl adjacent to an activating group) is 1. The Morgan fingerprint density at radius 2 is 2.11 bits per heavy atom. The van der Waals surface area contributed by atoms with E-state index in [-0.39, 0.29) is 0 Å². The lowest BCUT2D eigenvalue weighted by molar-refractivity contribution is 0.0886. The monoisotopic (exact) mass is 282 g/mol. The van der Waals surface area contributed by atoms with Gasteiger partial charge in [0, 0.05) is 42.5 Å². The second-order valence-electron chi connectivity index (χ2n) is 6.06. The Labute approximate surface area is 120 Å². The van der Waals surface area contributed by atoms with Gasteiger partial charge >= 0.3 is 0 Å².